The number of carbonyl (C=O) groups is 1. The van der Waals surface area contributed by atoms with Gasteiger partial charge in [-0.1, -0.05) is 35.5 Å². The van der Waals surface area contributed by atoms with Crippen LogP contribution in [-0.2, 0) is 23.7 Å². The molecule has 4 aromatic rings. The second-order valence-corrected chi connectivity index (χ2v) is 8.70. The fourth-order valence-corrected chi connectivity index (χ4v) is 4.63. The van der Waals surface area contributed by atoms with Crippen LogP contribution in [0.15, 0.2) is 46.5 Å². The highest BCUT2D eigenvalue weighted by Crippen LogP contribution is 2.22. The summed E-state index contributed by atoms with van der Waals surface area (Å²) in [6.07, 6.45) is 2.20. The number of aromatic nitrogens is 6. The molecule has 11 heteroatoms. The highest BCUT2D eigenvalue weighted by Gasteiger charge is 2.16. The maximum absolute atomic E-state index is 13.3. The number of aryl methyl sites for hydroxylation is 2. The first-order valence-electron chi connectivity index (χ1n) is 10.3. The van der Waals surface area contributed by atoms with Crippen molar-refractivity contribution in [3.63, 3.8) is 0 Å². The lowest BCUT2D eigenvalue weighted by molar-refractivity contribution is 0.0588. The second kappa shape index (κ2) is 9.80. The molecule has 0 spiro atoms. The molecule has 0 unspecified atom stereocenters. The lowest BCUT2D eigenvalue weighted by Crippen LogP contribution is -2.24. The minimum absolute atomic E-state index is 0.108. The van der Waals surface area contributed by atoms with E-state index in [0.29, 0.717) is 52.2 Å². The molecule has 0 saturated heterocycles. The van der Waals surface area contributed by atoms with Crippen molar-refractivity contribution in [2.75, 3.05) is 7.11 Å². The molecule has 1 aromatic carbocycles. The van der Waals surface area contributed by atoms with E-state index in [9.17, 15) is 9.59 Å². The number of ether oxygens (including phenoxy) is 1. The quantitative estimate of drug-likeness (QED) is 0.213. The summed E-state index contributed by atoms with van der Waals surface area (Å²) in [5, 5.41) is 10.4. The molecule has 3 heterocycles. The summed E-state index contributed by atoms with van der Waals surface area (Å²) in [6, 6.07) is 8.86. The van der Waals surface area contributed by atoms with E-state index in [-0.39, 0.29) is 5.56 Å². The monoisotopic (exact) mass is 486 g/mol. The summed E-state index contributed by atoms with van der Waals surface area (Å²) in [6.45, 7) is 4.87. The highest BCUT2D eigenvalue weighted by molar-refractivity contribution is 7.98. The Balaban J connectivity index is 1.60. The minimum Gasteiger partial charge on any atom is -0.464 e. The van der Waals surface area contributed by atoms with Crippen LogP contribution in [0.5, 0.6) is 0 Å². The Kier molecular flexibility index (Phi) is 6.85. The number of rotatable bonds is 8. The van der Waals surface area contributed by atoms with Crippen LogP contribution in [0, 0.1) is 13.8 Å². The van der Waals surface area contributed by atoms with E-state index < -0.39 is 5.97 Å². The maximum Gasteiger partial charge on any atom is 0.356 e. The number of benzene rings is 1. The van der Waals surface area contributed by atoms with Crippen LogP contribution in [0.3, 0.4) is 0 Å². The van der Waals surface area contributed by atoms with Gasteiger partial charge in [-0.25, -0.2) is 14.5 Å². The minimum atomic E-state index is -0.472. The summed E-state index contributed by atoms with van der Waals surface area (Å²) >= 11 is 7.59. The van der Waals surface area contributed by atoms with Crippen molar-refractivity contribution >= 4 is 40.2 Å². The molecule has 0 saturated carbocycles. The number of halogens is 1. The van der Waals surface area contributed by atoms with Crippen LogP contribution in [0.2, 0.25) is 5.02 Å². The zero-order valence-electron chi connectivity index (χ0n) is 18.5. The van der Waals surface area contributed by atoms with Crippen molar-refractivity contribution in [3.05, 3.63) is 69.0 Å². The largest absolute Gasteiger partial charge is 0.464 e. The SMILES string of the molecule is COC(=O)c1ccnn1CSc1nc2ccccc2c(=O)n1CCCn1nc(C)c(Cl)c1C. The van der Waals surface area contributed by atoms with E-state index in [1.54, 1.807) is 16.7 Å². The third-order valence-corrected chi connectivity index (χ3v) is 6.79. The van der Waals surface area contributed by atoms with Gasteiger partial charge in [-0.3, -0.25) is 14.0 Å². The molecule has 0 aliphatic heterocycles. The molecule has 0 amide bonds. The Morgan fingerprint density at radius 2 is 1.94 bits per heavy atom. The molecule has 0 fully saturated rings. The number of esters is 1. The van der Waals surface area contributed by atoms with Gasteiger partial charge in [0.1, 0.15) is 5.69 Å². The number of hydrogen-bond acceptors (Lipinski definition) is 7. The molecule has 4 rings (SSSR count). The van der Waals surface area contributed by atoms with Gasteiger partial charge >= 0.3 is 5.97 Å². The summed E-state index contributed by atoms with van der Waals surface area (Å²) in [5.41, 5.74) is 2.54. The number of thioether (sulfide) groups is 1. The van der Waals surface area contributed by atoms with Crippen molar-refractivity contribution < 1.29 is 9.53 Å². The molecule has 0 bridgehead atoms. The van der Waals surface area contributed by atoms with Crippen molar-refractivity contribution in [1.29, 1.82) is 0 Å². The van der Waals surface area contributed by atoms with Gasteiger partial charge in [0, 0.05) is 19.3 Å². The Hall–Kier alpha value is -3.11. The molecule has 0 atom stereocenters. The van der Waals surface area contributed by atoms with E-state index in [4.69, 9.17) is 21.3 Å². The average molecular weight is 487 g/mol. The van der Waals surface area contributed by atoms with Gasteiger partial charge in [-0.15, -0.1) is 0 Å². The second-order valence-electron chi connectivity index (χ2n) is 7.41. The Labute approximate surface area is 199 Å². The molecular formula is C22H23ClN6O3S. The number of nitrogens with zero attached hydrogens (tertiary/aromatic N) is 6. The topological polar surface area (TPSA) is 96.8 Å². The Bertz CT molecular complexity index is 1380. The predicted molar refractivity (Wildman–Crippen MR) is 127 cm³/mol. The van der Waals surface area contributed by atoms with E-state index in [1.165, 1.54) is 29.8 Å². The molecule has 3 aromatic heterocycles. The zero-order chi connectivity index (χ0) is 23.5. The van der Waals surface area contributed by atoms with Gasteiger partial charge in [0.15, 0.2) is 5.16 Å². The Morgan fingerprint density at radius 3 is 2.67 bits per heavy atom. The highest BCUT2D eigenvalue weighted by atomic mass is 35.5. The van der Waals surface area contributed by atoms with Gasteiger partial charge in [0.25, 0.3) is 5.56 Å². The summed E-state index contributed by atoms with van der Waals surface area (Å²) in [5.74, 6) is -0.171. The molecule has 0 aliphatic rings. The van der Waals surface area contributed by atoms with E-state index in [0.717, 1.165) is 11.4 Å². The predicted octanol–water partition coefficient (Wildman–Crippen LogP) is 3.69. The van der Waals surface area contributed by atoms with Crippen molar-refractivity contribution in [1.82, 2.24) is 29.1 Å². The molecule has 0 radical (unpaired) electrons. The fourth-order valence-electron chi connectivity index (χ4n) is 3.56. The molecular weight excluding hydrogens is 464 g/mol. The first-order chi connectivity index (χ1) is 15.9. The molecule has 172 valence electrons. The summed E-state index contributed by atoms with van der Waals surface area (Å²) in [4.78, 5) is 29.9. The van der Waals surface area contributed by atoms with Crippen molar-refractivity contribution in [2.45, 2.75) is 44.4 Å². The van der Waals surface area contributed by atoms with Crippen molar-refractivity contribution in [3.8, 4) is 0 Å². The average Bonchev–Trinajstić information content (AvgIpc) is 3.39. The normalized spacial score (nSPS) is 11.3. The summed E-state index contributed by atoms with van der Waals surface area (Å²) < 4.78 is 9.86. The standard InChI is InChI=1S/C22H23ClN6O3S/c1-14-19(23)15(2)28(26-14)12-6-11-27-20(30)16-7-4-5-8-17(16)25-22(27)33-13-29-18(9-10-24-29)21(31)32-3/h4-5,7-10H,6,11-13H2,1-3H3. The van der Waals surface area contributed by atoms with Gasteiger partial charge in [0.05, 0.1) is 40.3 Å². The lowest BCUT2D eigenvalue weighted by Gasteiger charge is -2.14. The van der Waals surface area contributed by atoms with Crippen LogP contribution >= 0.6 is 23.4 Å². The number of fused-ring (bicyclic) bond motifs is 1. The van der Waals surface area contributed by atoms with Crippen molar-refractivity contribution in [2.24, 2.45) is 0 Å². The van der Waals surface area contributed by atoms with Gasteiger partial charge in [-0.2, -0.15) is 10.2 Å². The van der Waals surface area contributed by atoms with Crippen LogP contribution in [0.25, 0.3) is 10.9 Å². The first-order valence-corrected chi connectivity index (χ1v) is 11.7. The van der Waals surface area contributed by atoms with Gasteiger partial charge < -0.3 is 4.74 Å². The smallest absolute Gasteiger partial charge is 0.356 e. The number of methoxy groups -OCH3 is 1. The molecule has 9 nitrogen and oxygen atoms in total. The molecule has 0 aliphatic carbocycles. The van der Waals surface area contributed by atoms with Gasteiger partial charge in [0.2, 0.25) is 0 Å². The number of para-hydroxylation sites is 1. The Morgan fingerprint density at radius 1 is 1.15 bits per heavy atom. The van der Waals surface area contributed by atoms with E-state index >= 15 is 0 Å². The number of hydrogen-bond donors (Lipinski definition) is 0. The van der Waals surface area contributed by atoms with E-state index in [2.05, 4.69) is 10.2 Å². The lowest BCUT2D eigenvalue weighted by atomic mass is 10.2. The van der Waals surface area contributed by atoms with Crippen LogP contribution in [-0.4, -0.2) is 42.2 Å². The third kappa shape index (κ3) is 4.67. The number of carbonyl (C=O) groups excluding carboxylic acids is 1. The molecule has 33 heavy (non-hydrogen) atoms. The zero-order valence-corrected chi connectivity index (χ0v) is 20.1. The van der Waals surface area contributed by atoms with Crippen LogP contribution < -0.4 is 5.56 Å². The first kappa shape index (κ1) is 23.1. The third-order valence-electron chi connectivity index (χ3n) is 5.30. The fraction of sp³-hybridized carbons (Fsp3) is 0.318. The van der Waals surface area contributed by atoms with Crippen LogP contribution in [0.4, 0.5) is 0 Å². The van der Waals surface area contributed by atoms with Crippen LogP contribution in [0.1, 0.15) is 28.3 Å². The molecule has 0 N–H and O–H groups in total. The van der Waals surface area contributed by atoms with Gasteiger partial charge in [-0.05, 0) is 38.5 Å². The summed E-state index contributed by atoms with van der Waals surface area (Å²) in [7, 11) is 1.32. The van der Waals surface area contributed by atoms with E-state index in [1.807, 2.05) is 36.7 Å². The maximum atomic E-state index is 13.3.